The minimum Gasteiger partial charge on any atom is -0.342 e. The van der Waals surface area contributed by atoms with Crippen LogP contribution in [0.3, 0.4) is 0 Å². The van der Waals surface area contributed by atoms with Crippen LogP contribution in [0.1, 0.15) is 5.56 Å². The van der Waals surface area contributed by atoms with Crippen LogP contribution in [0.5, 0.6) is 0 Å². The van der Waals surface area contributed by atoms with Gasteiger partial charge in [-0.05, 0) is 42.0 Å². The van der Waals surface area contributed by atoms with Crippen LogP contribution in [0.2, 0.25) is 0 Å². The van der Waals surface area contributed by atoms with E-state index in [9.17, 15) is 9.18 Å². The average molecular weight is 318 g/mol. The highest BCUT2D eigenvalue weighted by molar-refractivity contribution is 5.78. The lowest BCUT2D eigenvalue weighted by atomic mass is 10.2. The van der Waals surface area contributed by atoms with Gasteiger partial charge in [0.15, 0.2) is 0 Å². The summed E-state index contributed by atoms with van der Waals surface area (Å²) in [6.07, 6.45) is 1.95. The standard InChI is InChI=1S/C20H15FN2O/c21-16-8-6-15(7-9-16)14-22-13-12-19-18(22)10-11-20(24)23(19)17-4-2-1-3-5-17/h1-13H,14H2. The summed E-state index contributed by atoms with van der Waals surface area (Å²) < 4.78 is 16.8. The maximum Gasteiger partial charge on any atom is 0.255 e. The SMILES string of the molecule is O=c1ccc2c(ccn2Cc2ccc(F)cc2)n1-c1ccccc1. The first-order chi connectivity index (χ1) is 11.7. The van der Waals surface area contributed by atoms with E-state index < -0.39 is 0 Å². The van der Waals surface area contributed by atoms with Gasteiger partial charge in [-0.25, -0.2) is 4.39 Å². The molecule has 0 aliphatic carbocycles. The zero-order chi connectivity index (χ0) is 16.5. The van der Waals surface area contributed by atoms with Gasteiger partial charge in [0.1, 0.15) is 5.82 Å². The summed E-state index contributed by atoms with van der Waals surface area (Å²) in [6.45, 7) is 0.622. The number of aromatic nitrogens is 2. The topological polar surface area (TPSA) is 26.9 Å². The van der Waals surface area contributed by atoms with E-state index in [-0.39, 0.29) is 11.4 Å². The summed E-state index contributed by atoms with van der Waals surface area (Å²) in [5, 5.41) is 0. The van der Waals surface area contributed by atoms with Gasteiger partial charge in [-0.3, -0.25) is 9.36 Å². The molecule has 2 aromatic carbocycles. The van der Waals surface area contributed by atoms with Crippen molar-refractivity contribution in [1.82, 2.24) is 9.13 Å². The molecule has 0 radical (unpaired) electrons. The molecule has 0 saturated heterocycles. The third kappa shape index (κ3) is 2.52. The fraction of sp³-hybridized carbons (Fsp3) is 0.0500. The van der Waals surface area contributed by atoms with Crippen molar-refractivity contribution in [2.45, 2.75) is 6.54 Å². The molecule has 2 heterocycles. The molecule has 4 heteroatoms. The monoisotopic (exact) mass is 318 g/mol. The molecular weight excluding hydrogens is 303 g/mol. The van der Waals surface area contributed by atoms with Crippen LogP contribution in [0.25, 0.3) is 16.7 Å². The first-order valence-corrected chi connectivity index (χ1v) is 7.73. The van der Waals surface area contributed by atoms with Crippen LogP contribution in [0, 0.1) is 5.82 Å². The number of hydrogen-bond acceptors (Lipinski definition) is 1. The Morgan fingerprint density at radius 3 is 2.29 bits per heavy atom. The Morgan fingerprint density at radius 2 is 1.54 bits per heavy atom. The maximum atomic E-state index is 13.1. The number of halogens is 1. The van der Waals surface area contributed by atoms with Crippen molar-refractivity contribution in [3.8, 4) is 5.69 Å². The van der Waals surface area contributed by atoms with E-state index in [1.807, 2.05) is 48.7 Å². The largest absolute Gasteiger partial charge is 0.342 e. The number of benzene rings is 2. The molecule has 0 N–H and O–H groups in total. The van der Waals surface area contributed by atoms with Crippen molar-refractivity contribution < 1.29 is 4.39 Å². The summed E-state index contributed by atoms with van der Waals surface area (Å²) in [4.78, 5) is 12.4. The fourth-order valence-electron chi connectivity index (χ4n) is 2.95. The molecule has 0 atom stereocenters. The van der Waals surface area contributed by atoms with Crippen molar-refractivity contribution in [2.75, 3.05) is 0 Å². The lowest BCUT2D eigenvalue weighted by Crippen LogP contribution is -2.17. The second-order valence-corrected chi connectivity index (χ2v) is 5.68. The van der Waals surface area contributed by atoms with E-state index in [0.29, 0.717) is 6.54 Å². The Kier molecular flexibility index (Phi) is 3.50. The summed E-state index contributed by atoms with van der Waals surface area (Å²) >= 11 is 0. The van der Waals surface area contributed by atoms with E-state index in [1.54, 1.807) is 22.8 Å². The molecule has 0 fully saturated rings. The summed E-state index contributed by atoms with van der Waals surface area (Å²) in [6, 6.07) is 21.4. The van der Waals surface area contributed by atoms with Crippen molar-refractivity contribution >= 4 is 11.0 Å². The molecule has 118 valence electrons. The zero-order valence-electron chi connectivity index (χ0n) is 12.9. The molecule has 0 unspecified atom stereocenters. The molecule has 3 nitrogen and oxygen atoms in total. The van der Waals surface area contributed by atoms with Crippen LogP contribution in [-0.2, 0) is 6.54 Å². The Labute approximate surface area is 138 Å². The first-order valence-electron chi connectivity index (χ1n) is 7.73. The molecule has 0 saturated carbocycles. The third-order valence-corrected chi connectivity index (χ3v) is 4.11. The molecule has 0 amide bonds. The Hall–Kier alpha value is -3.14. The molecule has 24 heavy (non-hydrogen) atoms. The number of nitrogens with zero attached hydrogens (tertiary/aromatic N) is 2. The van der Waals surface area contributed by atoms with E-state index >= 15 is 0 Å². The molecule has 0 aliphatic rings. The van der Waals surface area contributed by atoms with E-state index in [4.69, 9.17) is 0 Å². The zero-order valence-corrected chi connectivity index (χ0v) is 12.9. The number of para-hydroxylation sites is 1. The average Bonchev–Trinajstić information content (AvgIpc) is 3.00. The second-order valence-electron chi connectivity index (χ2n) is 5.68. The molecule has 4 aromatic rings. The quantitative estimate of drug-likeness (QED) is 0.561. The third-order valence-electron chi connectivity index (χ3n) is 4.11. The molecule has 0 bridgehead atoms. The summed E-state index contributed by atoms with van der Waals surface area (Å²) in [5.41, 5.74) is 3.60. The predicted octanol–water partition coefficient (Wildman–Crippen LogP) is 3.98. The van der Waals surface area contributed by atoms with Gasteiger partial charge in [-0.1, -0.05) is 30.3 Å². The van der Waals surface area contributed by atoms with Gasteiger partial charge in [0, 0.05) is 24.5 Å². The van der Waals surface area contributed by atoms with E-state index in [0.717, 1.165) is 22.3 Å². The fourth-order valence-corrected chi connectivity index (χ4v) is 2.95. The minimum absolute atomic E-state index is 0.0618. The van der Waals surface area contributed by atoms with E-state index in [1.165, 1.54) is 12.1 Å². The number of hydrogen-bond donors (Lipinski definition) is 0. The Balaban J connectivity index is 1.83. The summed E-state index contributed by atoms with van der Waals surface area (Å²) in [5.74, 6) is -0.242. The smallest absolute Gasteiger partial charge is 0.255 e. The van der Waals surface area contributed by atoms with Crippen LogP contribution in [0.4, 0.5) is 4.39 Å². The maximum absolute atomic E-state index is 13.1. The van der Waals surface area contributed by atoms with Crippen LogP contribution in [-0.4, -0.2) is 9.13 Å². The van der Waals surface area contributed by atoms with Gasteiger partial charge in [-0.2, -0.15) is 0 Å². The highest BCUT2D eigenvalue weighted by Gasteiger charge is 2.09. The van der Waals surface area contributed by atoms with Gasteiger partial charge in [0.05, 0.1) is 11.0 Å². The van der Waals surface area contributed by atoms with Gasteiger partial charge < -0.3 is 4.57 Å². The molecule has 0 aliphatic heterocycles. The van der Waals surface area contributed by atoms with Crippen LogP contribution >= 0.6 is 0 Å². The van der Waals surface area contributed by atoms with Crippen molar-refractivity contribution in [3.63, 3.8) is 0 Å². The Morgan fingerprint density at radius 1 is 0.792 bits per heavy atom. The molecule has 4 rings (SSSR count). The van der Waals surface area contributed by atoms with Crippen molar-refractivity contribution in [2.24, 2.45) is 0 Å². The number of rotatable bonds is 3. The van der Waals surface area contributed by atoms with Gasteiger partial charge >= 0.3 is 0 Å². The van der Waals surface area contributed by atoms with Gasteiger partial charge in [0.2, 0.25) is 0 Å². The number of fused-ring (bicyclic) bond motifs is 1. The number of pyridine rings is 1. The van der Waals surface area contributed by atoms with E-state index in [2.05, 4.69) is 4.57 Å². The molecule has 2 aromatic heterocycles. The van der Waals surface area contributed by atoms with Crippen molar-refractivity contribution in [3.05, 3.63) is 101 Å². The van der Waals surface area contributed by atoms with Crippen LogP contribution in [0.15, 0.2) is 83.8 Å². The lowest BCUT2D eigenvalue weighted by molar-refractivity contribution is 0.626. The first kappa shape index (κ1) is 14.5. The van der Waals surface area contributed by atoms with Gasteiger partial charge in [-0.15, -0.1) is 0 Å². The highest BCUT2D eigenvalue weighted by Crippen LogP contribution is 2.19. The normalized spacial score (nSPS) is 11.0. The summed E-state index contributed by atoms with van der Waals surface area (Å²) in [7, 11) is 0. The van der Waals surface area contributed by atoms with Crippen molar-refractivity contribution in [1.29, 1.82) is 0 Å². The van der Waals surface area contributed by atoms with Crippen LogP contribution < -0.4 is 5.56 Å². The van der Waals surface area contributed by atoms with Gasteiger partial charge in [0.25, 0.3) is 5.56 Å². The molecule has 0 spiro atoms. The predicted molar refractivity (Wildman–Crippen MR) is 93.0 cm³/mol. The Bertz CT molecular complexity index is 1050. The highest BCUT2D eigenvalue weighted by atomic mass is 19.1. The second kappa shape index (κ2) is 5.81. The molecular formula is C20H15FN2O. The lowest BCUT2D eigenvalue weighted by Gasteiger charge is -2.09. The minimum atomic E-state index is -0.242.